The highest BCUT2D eigenvalue weighted by molar-refractivity contribution is 5.73. The number of benzene rings is 1. The molecular formula is C22H29N3O3. The van der Waals surface area contributed by atoms with Gasteiger partial charge in [-0.25, -0.2) is 9.78 Å². The first-order chi connectivity index (χ1) is 13.7. The number of rotatable bonds is 9. The predicted octanol–water partition coefficient (Wildman–Crippen LogP) is 4.19. The van der Waals surface area contributed by atoms with Gasteiger partial charge >= 0.3 is 6.03 Å². The lowest BCUT2D eigenvalue weighted by atomic mass is 10.2. The summed E-state index contributed by atoms with van der Waals surface area (Å²) in [5, 5.41) is 5.72. The van der Waals surface area contributed by atoms with Crippen LogP contribution < -0.4 is 20.1 Å². The summed E-state index contributed by atoms with van der Waals surface area (Å²) < 4.78 is 11.6. The van der Waals surface area contributed by atoms with Crippen molar-refractivity contribution in [3.8, 4) is 11.6 Å². The van der Waals surface area contributed by atoms with Crippen LogP contribution in [0.5, 0.6) is 11.6 Å². The van der Waals surface area contributed by atoms with E-state index in [1.807, 2.05) is 43.3 Å². The summed E-state index contributed by atoms with van der Waals surface area (Å²) >= 11 is 0. The molecule has 6 heteroatoms. The second-order valence-corrected chi connectivity index (χ2v) is 7.02. The molecule has 2 N–H and O–H groups in total. The number of hydrogen-bond donors (Lipinski definition) is 2. The summed E-state index contributed by atoms with van der Waals surface area (Å²) in [4.78, 5) is 16.3. The van der Waals surface area contributed by atoms with Crippen molar-refractivity contribution in [3.05, 3.63) is 53.7 Å². The van der Waals surface area contributed by atoms with Crippen molar-refractivity contribution in [2.24, 2.45) is 0 Å². The summed E-state index contributed by atoms with van der Waals surface area (Å²) in [5.74, 6) is 1.47. The Bertz CT molecular complexity index is 743. The molecule has 0 aliphatic heterocycles. The monoisotopic (exact) mass is 383 g/mol. The molecule has 1 saturated carbocycles. The van der Waals surface area contributed by atoms with Crippen molar-refractivity contribution in [1.29, 1.82) is 0 Å². The summed E-state index contributed by atoms with van der Waals surface area (Å²) in [7, 11) is 0. The molecule has 1 fully saturated rings. The Hall–Kier alpha value is -2.76. The number of pyridine rings is 1. The van der Waals surface area contributed by atoms with Gasteiger partial charge in [0.15, 0.2) is 0 Å². The topological polar surface area (TPSA) is 72.5 Å². The van der Waals surface area contributed by atoms with Crippen LogP contribution in [0.4, 0.5) is 4.79 Å². The average Bonchev–Trinajstić information content (AvgIpc) is 3.24. The zero-order valence-electron chi connectivity index (χ0n) is 16.4. The number of amides is 2. The average molecular weight is 383 g/mol. The molecule has 1 aromatic carbocycles. The SMILES string of the molecule is CCCOc1ncccc1CNC(=O)NCc1ccc(OC2CCCC2)cc1. The molecule has 0 saturated heterocycles. The van der Waals surface area contributed by atoms with E-state index in [2.05, 4.69) is 15.6 Å². The lowest BCUT2D eigenvalue weighted by molar-refractivity contribution is 0.210. The Morgan fingerprint density at radius 3 is 2.61 bits per heavy atom. The van der Waals surface area contributed by atoms with Gasteiger partial charge in [-0.05, 0) is 55.9 Å². The van der Waals surface area contributed by atoms with Crippen molar-refractivity contribution in [1.82, 2.24) is 15.6 Å². The standard InChI is InChI=1S/C22H29N3O3/c1-2-14-27-21-18(6-5-13-23-21)16-25-22(26)24-15-17-9-11-20(12-10-17)28-19-7-3-4-8-19/h5-6,9-13,19H,2-4,7-8,14-16H2,1H3,(H2,24,25,26). The molecule has 0 unspecified atom stereocenters. The van der Waals surface area contributed by atoms with Gasteiger partial charge in [0, 0.05) is 24.8 Å². The molecule has 1 aromatic heterocycles. The minimum absolute atomic E-state index is 0.225. The van der Waals surface area contributed by atoms with E-state index in [-0.39, 0.29) is 6.03 Å². The number of carbonyl (C=O) groups is 1. The molecule has 0 bridgehead atoms. The van der Waals surface area contributed by atoms with Crippen LogP contribution in [0, 0.1) is 0 Å². The van der Waals surface area contributed by atoms with Crippen molar-refractivity contribution in [2.75, 3.05) is 6.61 Å². The third-order valence-electron chi connectivity index (χ3n) is 4.71. The number of hydrogen-bond acceptors (Lipinski definition) is 4. The molecule has 2 amide bonds. The molecule has 28 heavy (non-hydrogen) atoms. The number of aromatic nitrogens is 1. The van der Waals surface area contributed by atoms with Gasteiger partial charge in [0.1, 0.15) is 5.75 Å². The predicted molar refractivity (Wildman–Crippen MR) is 108 cm³/mol. The second-order valence-electron chi connectivity index (χ2n) is 7.02. The van der Waals surface area contributed by atoms with Gasteiger partial charge in [0.2, 0.25) is 5.88 Å². The highest BCUT2D eigenvalue weighted by atomic mass is 16.5. The van der Waals surface area contributed by atoms with Gasteiger partial charge in [0.25, 0.3) is 0 Å². The third kappa shape index (κ3) is 6.15. The zero-order chi connectivity index (χ0) is 19.6. The third-order valence-corrected chi connectivity index (χ3v) is 4.71. The Morgan fingerprint density at radius 1 is 1.11 bits per heavy atom. The van der Waals surface area contributed by atoms with Crippen LogP contribution in [0.15, 0.2) is 42.6 Å². The fourth-order valence-corrected chi connectivity index (χ4v) is 3.19. The maximum absolute atomic E-state index is 12.1. The van der Waals surface area contributed by atoms with Crippen LogP contribution in [0.3, 0.4) is 0 Å². The molecule has 0 radical (unpaired) electrons. The highest BCUT2D eigenvalue weighted by Crippen LogP contribution is 2.24. The van der Waals surface area contributed by atoms with Crippen molar-refractivity contribution >= 4 is 6.03 Å². The van der Waals surface area contributed by atoms with Crippen LogP contribution in [0.2, 0.25) is 0 Å². The van der Waals surface area contributed by atoms with Crippen LogP contribution in [-0.2, 0) is 13.1 Å². The minimum Gasteiger partial charge on any atom is -0.490 e. The fourth-order valence-electron chi connectivity index (χ4n) is 3.19. The van der Waals surface area contributed by atoms with Gasteiger partial charge in [-0.3, -0.25) is 0 Å². The highest BCUT2D eigenvalue weighted by Gasteiger charge is 2.16. The van der Waals surface area contributed by atoms with Gasteiger partial charge < -0.3 is 20.1 Å². The summed E-state index contributed by atoms with van der Waals surface area (Å²) in [6.07, 6.45) is 7.76. The normalized spacial score (nSPS) is 13.9. The summed E-state index contributed by atoms with van der Waals surface area (Å²) in [6, 6.07) is 11.4. The van der Waals surface area contributed by atoms with E-state index in [0.29, 0.717) is 31.7 Å². The van der Waals surface area contributed by atoms with Gasteiger partial charge in [0.05, 0.1) is 12.7 Å². The number of nitrogens with one attached hydrogen (secondary N) is 2. The molecule has 6 nitrogen and oxygen atoms in total. The van der Waals surface area contributed by atoms with E-state index < -0.39 is 0 Å². The van der Waals surface area contributed by atoms with Gasteiger partial charge in [-0.15, -0.1) is 0 Å². The van der Waals surface area contributed by atoms with Gasteiger partial charge in [-0.1, -0.05) is 25.1 Å². The Kier molecular flexibility index (Phi) is 7.53. The Labute approximate surface area is 166 Å². The smallest absolute Gasteiger partial charge is 0.315 e. The molecule has 1 heterocycles. The van der Waals surface area contributed by atoms with Crippen molar-refractivity contribution in [2.45, 2.75) is 58.2 Å². The Balaban J connectivity index is 1.42. The maximum Gasteiger partial charge on any atom is 0.315 e. The van der Waals surface area contributed by atoms with Gasteiger partial charge in [-0.2, -0.15) is 0 Å². The van der Waals surface area contributed by atoms with Crippen LogP contribution in [-0.4, -0.2) is 23.7 Å². The quantitative estimate of drug-likeness (QED) is 0.681. The molecule has 1 aliphatic carbocycles. The summed E-state index contributed by atoms with van der Waals surface area (Å²) in [6.45, 7) is 3.48. The van der Waals surface area contributed by atoms with E-state index in [0.717, 1.165) is 36.1 Å². The first-order valence-corrected chi connectivity index (χ1v) is 10.1. The molecule has 3 rings (SSSR count). The van der Waals surface area contributed by atoms with Crippen molar-refractivity contribution in [3.63, 3.8) is 0 Å². The van der Waals surface area contributed by atoms with E-state index >= 15 is 0 Å². The molecular weight excluding hydrogens is 354 g/mol. The molecule has 2 aromatic rings. The number of urea groups is 1. The largest absolute Gasteiger partial charge is 0.490 e. The Morgan fingerprint density at radius 2 is 1.86 bits per heavy atom. The number of carbonyl (C=O) groups excluding carboxylic acids is 1. The van der Waals surface area contributed by atoms with Crippen LogP contribution in [0.25, 0.3) is 0 Å². The lowest BCUT2D eigenvalue weighted by Gasteiger charge is -2.13. The van der Waals surface area contributed by atoms with Crippen LogP contribution in [0.1, 0.15) is 50.2 Å². The zero-order valence-corrected chi connectivity index (χ0v) is 16.4. The number of ether oxygens (including phenoxy) is 2. The van der Waals surface area contributed by atoms with Crippen LogP contribution >= 0.6 is 0 Å². The summed E-state index contributed by atoms with van der Waals surface area (Å²) in [5.41, 5.74) is 1.89. The molecule has 1 aliphatic rings. The number of nitrogens with zero attached hydrogens (tertiary/aromatic N) is 1. The lowest BCUT2D eigenvalue weighted by Crippen LogP contribution is -2.34. The first-order valence-electron chi connectivity index (χ1n) is 10.1. The first kappa shape index (κ1) is 20.0. The second kappa shape index (κ2) is 10.5. The molecule has 0 atom stereocenters. The molecule has 0 spiro atoms. The van der Waals surface area contributed by atoms with E-state index in [1.54, 1.807) is 6.20 Å². The minimum atomic E-state index is -0.225. The molecule has 150 valence electrons. The maximum atomic E-state index is 12.1. The van der Waals surface area contributed by atoms with Crippen molar-refractivity contribution < 1.29 is 14.3 Å². The fraction of sp³-hybridized carbons (Fsp3) is 0.455. The van der Waals surface area contributed by atoms with E-state index in [4.69, 9.17) is 9.47 Å². The van der Waals surface area contributed by atoms with E-state index in [1.165, 1.54) is 12.8 Å². The van der Waals surface area contributed by atoms with E-state index in [9.17, 15) is 4.79 Å².